The number of nitrogens with zero attached hydrogens (tertiary/aromatic N) is 4. The zero-order chi connectivity index (χ0) is 28.8. The Hall–Kier alpha value is -5.65. The van der Waals surface area contributed by atoms with Crippen molar-refractivity contribution in [2.45, 2.75) is 0 Å². The second kappa shape index (κ2) is 8.93. The average molecular weight is 579 g/mol. The van der Waals surface area contributed by atoms with Gasteiger partial charge in [-0.1, -0.05) is 103 Å². The molecule has 0 aliphatic heterocycles. The molecule has 6 aromatic carbocycles. The Bertz CT molecular complexity index is 2780. The molecule has 44 heavy (non-hydrogen) atoms. The molecule has 0 atom stereocenters. The summed E-state index contributed by atoms with van der Waals surface area (Å²) < 4.78 is 4.91. The fourth-order valence-electron chi connectivity index (χ4n) is 6.94. The monoisotopic (exact) mass is 578 g/mol. The van der Waals surface area contributed by atoms with Crippen molar-refractivity contribution in [3.8, 4) is 17.1 Å². The van der Waals surface area contributed by atoms with Crippen LogP contribution in [0.5, 0.6) is 0 Å². The first-order chi connectivity index (χ1) is 21.8. The Morgan fingerprint density at radius 2 is 1.27 bits per heavy atom. The maximum absolute atomic E-state index is 5.45. The van der Waals surface area contributed by atoms with Crippen LogP contribution in [0.15, 0.2) is 134 Å². The molecule has 0 spiro atoms. The zero-order valence-electron chi connectivity index (χ0n) is 23.4. The number of benzene rings is 6. The van der Waals surface area contributed by atoms with Gasteiger partial charge < -0.3 is 0 Å². The van der Waals surface area contributed by atoms with E-state index in [4.69, 9.17) is 15.0 Å². The van der Waals surface area contributed by atoms with Gasteiger partial charge >= 0.3 is 0 Å². The van der Waals surface area contributed by atoms with E-state index in [1.54, 1.807) is 0 Å². The maximum Gasteiger partial charge on any atom is 0.165 e. The van der Waals surface area contributed by atoms with Crippen molar-refractivity contribution in [1.82, 2.24) is 19.5 Å². The molecule has 0 aliphatic carbocycles. The van der Waals surface area contributed by atoms with Gasteiger partial charge in [0.15, 0.2) is 5.82 Å². The Morgan fingerprint density at radius 3 is 2.14 bits per heavy atom. The third kappa shape index (κ3) is 3.19. The molecule has 4 aromatic heterocycles. The molecule has 0 unspecified atom stereocenters. The summed E-state index contributed by atoms with van der Waals surface area (Å²) in [5.74, 6) is 0.819. The number of hydrogen-bond donors (Lipinski definition) is 0. The van der Waals surface area contributed by atoms with Gasteiger partial charge in [-0.05, 0) is 35.0 Å². The minimum atomic E-state index is 0.809. The molecule has 0 bridgehead atoms. The smallest absolute Gasteiger partial charge is 0.165 e. The van der Waals surface area contributed by atoms with E-state index in [1.165, 1.54) is 47.2 Å². The van der Waals surface area contributed by atoms with E-state index >= 15 is 0 Å². The van der Waals surface area contributed by atoms with Crippen LogP contribution < -0.4 is 0 Å². The predicted molar refractivity (Wildman–Crippen MR) is 185 cm³/mol. The molecule has 0 saturated heterocycles. The molecule has 0 N–H and O–H groups in total. The molecular weight excluding hydrogens is 557 g/mol. The van der Waals surface area contributed by atoms with Crippen molar-refractivity contribution >= 4 is 86.0 Å². The standard InChI is InChI=1S/C39H22N4S/c1-2-11-23(12-3-1)35-39(41-29-21-20-24-13-10-22-40-34(24)36(29)42-35)43-30-18-8-6-16-27(30)32-25-14-4-5-15-26(25)33-28-17-7-9-19-31(28)44-38(33)37(32)43/h1-22H. The van der Waals surface area contributed by atoms with Crippen molar-refractivity contribution in [3.05, 3.63) is 134 Å². The Labute approximate surface area is 255 Å². The van der Waals surface area contributed by atoms with E-state index in [0.29, 0.717) is 0 Å². The lowest BCUT2D eigenvalue weighted by Gasteiger charge is -2.15. The fourth-order valence-corrected chi connectivity index (χ4v) is 8.20. The van der Waals surface area contributed by atoms with E-state index in [1.807, 2.05) is 29.7 Å². The molecule has 4 nitrogen and oxygen atoms in total. The van der Waals surface area contributed by atoms with Crippen molar-refractivity contribution in [2.24, 2.45) is 0 Å². The number of thiophene rings is 1. The number of rotatable bonds is 2. The van der Waals surface area contributed by atoms with Crippen LogP contribution >= 0.6 is 11.3 Å². The van der Waals surface area contributed by atoms with Crippen LogP contribution in [0.4, 0.5) is 0 Å². The molecule has 0 saturated carbocycles. The molecule has 0 fully saturated rings. The summed E-state index contributed by atoms with van der Waals surface area (Å²) in [5.41, 5.74) is 6.63. The van der Waals surface area contributed by atoms with E-state index in [0.717, 1.165) is 44.5 Å². The number of aromatic nitrogens is 4. The Kier molecular flexibility index (Phi) is 4.84. The summed E-state index contributed by atoms with van der Waals surface area (Å²) in [7, 11) is 0. The van der Waals surface area contributed by atoms with Gasteiger partial charge in [-0.15, -0.1) is 11.3 Å². The van der Waals surface area contributed by atoms with E-state index < -0.39 is 0 Å². The van der Waals surface area contributed by atoms with Gasteiger partial charge in [-0.25, -0.2) is 9.97 Å². The van der Waals surface area contributed by atoms with Gasteiger partial charge in [-0.2, -0.15) is 0 Å². The van der Waals surface area contributed by atoms with Crippen LogP contribution in [0.2, 0.25) is 0 Å². The summed E-state index contributed by atoms with van der Waals surface area (Å²) in [5, 5.41) is 8.61. The normalized spacial score (nSPS) is 12.1. The predicted octanol–water partition coefficient (Wildman–Crippen LogP) is 10.5. The van der Waals surface area contributed by atoms with Crippen molar-refractivity contribution < 1.29 is 0 Å². The number of hydrogen-bond acceptors (Lipinski definition) is 4. The maximum atomic E-state index is 5.45. The Morgan fingerprint density at radius 1 is 0.545 bits per heavy atom. The number of para-hydroxylation sites is 1. The van der Waals surface area contributed by atoms with Gasteiger partial charge in [0, 0.05) is 43.4 Å². The lowest BCUT2D eigenvalue weighted by atomic mass is 9.99. The summed E-state index contributed by atoms with van der Waals surface area (Å²) in [6.07, 6.45) is 1.83. The number of fused-ring (bicyclic) bond motifs is 13. The SMILES string of the molecule is c1ccc(-c2nc3c(ccc4cccnc43)nc2-n2c3ccccc3c3c4ccccc4c4c5ccccc5sc4c32)cc1. The zero-order valence-corrected chi connectivity index (χ0v) is 24.2. The molecule has 10 rings (SSSR count). The Balaban J connectivity index is 1.48. The molecule has 204 valence electrons. The largest absolute Gasteiger partial charge is 0.290 e. The van der Waals surface area contributed by atoms with Crippen LogP contribution in [0.3, 0.4) is 0 Å². The molecule has 10 aromatic rings. The van der Waals surface area contributed by atoms with Crippen LogP contribution in [-0.4, -0.2) is 19.5 Å². The van der Waals surface area contributed by atoms with E-state index in [9.17, 15) is 0 Å². The lowest BCUT2D eigenvalue weighted by Crippen LogP contribution is -2.04. The van der Waals surface area contributed by atoms with Crippen molar-refractivity contribution in [2.75, 3.05) is 0 Å². The van der Waals surface area contributed by atoms with E-state index in [2.05, 4.69) is 120 Å². The lowest BCUT2D eigenvalue weighted by molar-refractivity contribution is 1.08. The summed E-state index contributed by atoms with van der Waals surface area (Å²) >= 11 is 1.86. The second-order valence-electron chi connectivity index (χ2n) is 11.2. The van der Waals surface area contributed by atoms with Crippen LogP contribution in [-0.2, 0) is 0 Å². The average Bonchev–Trinajstić information content (AvgIpc) is 3.65. The fraction of sp³-hybridized carbons (Fsp3) is 0. The number of pyridine rings is 1. The summed E-state index contributed by atoms with van der Waals surface area (Å²) in [6, 6.07) is 44.9. The summed E-state index contributed by atoms with van der Waals surface area (Å²) in [4.78, 5) is 15.6. The second-order valence-corrected chi connectivity index (χ2v) is 12.2. The van der Waals surface area contributed by atoms with Gasteiger partial charge in [0.2, 0.25) is 0 Å². The highest BCUT2D eigenvalue weighted by Gasteiger charge is 2.24. The van der Waals surface area contributed by atoms with Crippen molar-refractivity contribution in [3.63, 3.8) is 0 Å². The first kappa shape index (κ1) is 23.9. The highest BCUT2D eigenvalue weighted by molar-refractivity contribution is 7.27. The van der Waals surface area contributed by atoms with Crippen molar-refractivity contribution in [1.29, 1.82) is 0 Å². The quantitative estimate of drug-likeness (QED) is 0.192. The first-order valence-corrected chi connectivity index (χ1v) is 15.5. The topological polar surface area (TPSA) is 43.6 Å². The molecule has 5 heteroatoms. The molecular formula is C39H22N4S. The molecule has 0 radical (unpaired) electrons. The third-order valence-corrected chi connectivity index (χ3v) is 9.98. The third-order valence-electron chi connectivity index (χ3n) is 8.80. The van der Waals surface area contributed by atoms with Gasteiger partial charge in [0.25, 0.3) is 0 Å². The molecule has 0 amide bonds. The highest BCUT2D eigenvalue weighted by atomic mass is 32.1. The highest BCUT2D eigenvalue weighted by Crippen LogP contribution is 2.48. The molecule has 0 aliphatic rings. The molecule has 4 heterocycles. The van der Waals surface area contributed by atoms with E-state index in [-0.39, 0.29) is 0 Å². The van der Waals surface area contributed by atoms with Gasteiger partial charge in [0.1, 0.15) is 11.2 Å². The minimum absolute atomic E-state index is 0.809. The van der Waals surface area contributed by atoms with Crippen LogP contribution in [0.1, 0.15) is 0 Å². The first-order valence-electron chi connectivity index (χ1n) is 14.7. The minimum Gasteiger partial charge on any atom is -0.290 e. The summed E-state index contributed by atoms with van der Waals surface area (Å²) in [6.45, 7) is 0. The van der Waals surface area contributed by atoms with Crippen LogP contribution in [0.25, 0.3) is 91.8 Å². The van der Waals surface area contributed by atoms with Gasteiger partial charge in [-0.3, -0.25) is 9.55 Å². The van der Waals surface area contributed by atoms with Crippen LogP contribution in [0, 0.1) is 0 Å². The van der Waals surface area contributed by atoms with Gasteiger partial charge in [0.05, 0.1) is 26.8 Å².